The molecule has 104 valence electrons. The molecule has 0 radical (unpaired) electrons. The van der Waals surface area contributed by atoms with Crippen LogP contribution in [0.25, 0.3) is 0 Å². The topological polar surface area (TPSA) is 89.9 Å². The molecule has 0 aliphatic heterocycles. The Balaban J connectivity index is 2.83. The van der Waals surface area contributed by atoms with Crippen LogP contribution in [0.2, 0.25) is 0 Å². The zero-order valence-corrected chi connectivity index (χ0v) is 10.6. The smallest absolute Gasteiger partial charge is 0.335 e. The molecule has 0 saturated carbocycles. The fourth-order valence-corrected chi connectivity index (χ4v) is 1.28. The fraction of sp³-hybridized carbons (Fsp3) is 0.333. The number of benzene rings is 1. The molecular formula is C12H15FN2O4. The lowest BCUT2D eigenvalue weighted by atomic mass is 10.2. The lowest BCUT2D eigenvalue weighted by molar-refractivity contribution is 0.0696. The molecule has 7 heteroatoms. The molecule has 0 aliphatic carbocycles. The minimum atomic E-state index is -1.25. The number of aliphatic hydroxyl groups is 1. The van der Waals surface area contributed by atoms with Gasteiger partial charge in [0.05, 0.1) is 23.9 Å². The zero-order chi connectivity index (χ0) is 14.6. The second-order valence-corrected chi connectivity index (χ2v) is 4.07. The lowest BCUT2D eigenvalue weighted by Gasteiger charge is -2.23. The van der Waals surface area contributed by atoms with Crippen molar-refractivity contribution in [2.75, 3.05) is 19.0 Å². The van der Waals surface area contributed by atoms with Crippen LogP contribution in [0.15, 0.2) is 18.2 Å². The minimum Gasteiger partial charge on any atom is -0.478 e. The minimum absolute atomic E-state index is 0.119. The summed E-state index contributed by atoms with van der Waals surface area (Å²) in [5, 5.41) is 19.9. The Morgan fingerprint density at radius 2 is 2.11 bits per heavy atom. The third-order valence-corrected chi connectivity index (χ3v) is 2.70. The van der Waals surface area contributed by atoms with E-state index in [4.69, 9.17) is 10.2 Å². The van der Waals surface area contributed by atoms with E-state index in [0.717, 1.165) is 6.07 Å². The number of carbonyl (C=O) groups excluding carboxylic acids is 1. The highest BCUT2D eigenvalue weighted by Gasteiger charge is 2.17. The van der Waals surface area contributed by atoms with Gasteiger partial charge in [0.2, 0.25) is 0 Å². The van der Waals surface area contributed by atoms with Crippen molar-refractivity contribution in [1.29, 1.82) is 0 Å². The molecule has 2 amide bonds. The molecule has 0 aliphatic rings. The van der Waals surface area contributed by atoms with Gasteiger partial charge in [0.25, 0.3) is 0 Å². The molecule has 3 N–H and O–H groups in total. The summed E-state index contributed by atoms with van der Waals surface area (Å²) in [6.07, 6.45) is 0. The van der Waals surface area contributed by atoms with E-state index in [1.54, 1.807) is 6.92 Å². The van der Waals surface area contributed by atoms with Gasteiger partial charge in [0.1, 0.15) is 5.82 Å². The summed E-state index contributed by atoms with van der Waals surface area (Å²) in [7, 11) is 1.46. The average Bonchev–Trinajstić information content (AvgIpc) is 2.38. The maximum absolute atomic E-state index is 13.6. The average molecular weight is 270 g/mol. The first-order valence-corrected chi connectivity index (χ1v) is 5.54. The van der Waals surface area contributed by atoms with E-state index >= 15 is 0 Å². The van der Waals surface area contributed by atoms with Crippen LogP contribution in [0.3, 0.4) is 0 Å². The summed E-state index contributed by atoms with van der Waals surface area (Å²) in [5.41, 5.74) is -0.320. The number of amides is 2. The molecule has 1 aromatic rings. The number of hydrogen-bond donors (Lipinski definition) is 3. The van der Waals surface area contributed by atoms with Gasteiger partial charge in [-0.15, -0.1) is 0 Å². The van der Waals surface area contributed by atoms with Crippen LogP contribution in [0.1, 0.15) is 17.3 Å². The van der Waals surface area contributed by atoms with Gasteiger partial charge in [-0.25, -0.2) is 14.0 Å². The summed E-state index contributed by atoms with van der Waals surface area (Å²) in [5.74, 6) is -2.08. The van der Waals surface area contributed by atoms with Crippen LogP contribution < -0.4 is 5.32 Å². The molecule has 6 nitrogen and oxygen atoms in total. The summed E-state index contributed by atoms with van der Waals surface area (Å²) in [6, 6.07) is 2.18. The molecule has 1 unspecified atom stereocenters. The molecule has 1 aromatic carbocycles. The highest BCUT2D eigenvalue weighted by molar-refractivity contribution is 5.91. The predicted molar refractivity (Wildman–Crippen MR) is 66.7 cm³/mol. The lowest BCUT2D eigenvalue weighted by Crippen LogP contribution is -2.40. The monoisotopic (exact) mass is 270 g/mol. The van der Waals surface area contributed by atoms with E-state index in [2.05, 4.69) is 5.32 Å². The number of aliphatic hydroxyl groups excluding tert-OH is 1. The molecule has 0 heterocycles. The molecular weight excluding hydrogens is 255 g/mol. The SMILES string of the molecule is CC(CO)N(C)C(=O)Nc1ccc(C(=O)O)cc1F. The van der Waals surface area contributed by atoms with E-state index in [1.165, 1.54) is 24.1 Å². The normalized spacial score (nSPS) is 11.8. The highest BCUT2D eigenvalue weighted by Crippen LogP contribution is 2.16. The van der Waals surface area contributed by atoms with E-state index in [9.17, 15) is 14.0 Å². The van der Waals surface area contributed by atoms with Crippen LogP contribution in [-0.4, -0.2) is 46.8 Å². The van der Waals surface area contributed by atoms with Crippen LogP contribution in [0.5, 0.6) is 0 Å². The first-order chi connectivity index (χ1) is 8.86. The number of rotatable bonds is 4. The molecule has 0 saturated heterocycles. The molecule has 0 fully saturated rings. The number of halogens is 1. The first kappa shape index (κ1) is 14.9. The zero-order valence-electron chi connectivity index (χ0n) is 10.6. The van der Waals surface area contributed by atoms with E-state index in [-0.39, 0.29) is 17.9 Å². The standard InChI is InChI=1S/C12H15FN2O4/c1-7(6-16)15(2)12(19)14-10-4-3-8(11(17)18)5-9(10)13/h3-5,7,16H,6H2,1-2H3,(H,14,19)(H,17,18). The number of nitrogens with one attached hydrogen (secondary N) is 1. The largest absolute Gasteiger partial charge is 0.478 e. The van der Waals surface area contributed by atoms with Gasteiger partial charge in [0, 0.05) is 7.05 Å². The Morgan fingerprint density at radius 1 is 1.47 bits per heavy atom. The molecule has 1 rings (SSSR count). The number of nitrogens with zero attached hydrogens (tertiary/aromatic N) is 1. The van der Waals surface area contributed by atoms with Crippen molar-refractivity contribution < 1.29 is 24.2 Å². The van der Waals surface area contributed by atoms with Crippen molar-refractivity contribution in [3.05, 3.63) is 29.6 Å². The maximum atomic E-state index is 13.6. The fourth-order valence-electron chi connectivity index (χ4n) is 1.28. The van der Waals surface area contributed by atoms with Crippen molar-refractivity contribution in [2.24, 2.45) is 0 Å². The number of urea groups is 1. The number of aromatic carboxylic acids is 1. The summed E-state index contributed by atoms with van der Waals surface area (Å²) in [4.78, 5) is 23.6. The Hall–Kier alpha value is -2.15. The van der Waals surface area contributed by atoms with Crippen molar-refractivity contribution in [2.45, 2.75) is 13.0 Å². The van der Waals surface area contributed by atoms with Crippen molar-refractivity contribution >= 4 is 17.7 Å². The van der Waals surface area contributed by atoms with Gasteiger partial charge in [-0.05, 0) is 25.1 Å². The van der Waals surface area contributed by atoms with E-state index in [0.29, 0.717) is 0 Å². The number of hydrogen-bond acceptors (Lipinski definition) is 3. The number of likely N-dealkylation sites (N-methyl/N-ethyl adjacent to an activating group) is 1. The van der Waals surface area contributed by atoms with E-state index in [1.807, 2.05) is 0 Å². The Labute approximate surface area is 109 Å². The highest BCUT2D eigenvalue weighted by atomic mass is 19.1. The maximum Gasteiger partial charge on any atom is 0.335 e. The Morgan fingerprint density at radius 3 is 2.58 bits per heavy atom. The second-order valence-electron chi connectivity index (χ2n) is 4.07. The third kappa shape index (κ3) is 3.65. The van der Waals surface area contributed by atoms with Crippen molar-refractivity contribution in [1.82, 2.24) is 4.90 Å². The van der Waals surface area contributed by atoms with Gasteiger partial charge < -0.3 is 20.4 Å². The summed E-state index contributed by atoms with van der Waals surface area (Å²) < 4.78 is 13.6. The number of carboxylic acid groups (broad SMARTS) is 1. The van der Waals surface area contributed by atoms with Crippen LogP contribution in [-0.2, 0) is 0 Å². The summed E-state index contributed by atoms with van der Waals surface area (Å²) in [6.45, 7) is 1.41. The molecule has 0 aromatic heterocycles. The molecule has 0 spiro atoms. The number of carboxylic acids is 1. The van der Waals surface area contributed by atoms with Gasteiger partial charge in [-0.3, -0.25) is 0 Å². The molecule has 1 atom stereocenters. The summed E-state index contributed by atoms with van der Waals surface area (Å²) >= 11 is 0. The van der Waals surface area contributed by atoms with E-state index < -0.39 is 23.9 Å². The molecule has 19 heavy (non-hydrogen) atoms. The van der Waals surface area contributed by atoms with Gasteiger partial charge >= 0.3 is 12.0 Å². The van der Waals surface area contributed by atoms with Crippen LogP contribution in [0, 0.1) is 5.82 Å². The van der Waals surface area contributed by atoms with Crippen molar-refractivity contribution in [3.8, 4) is 0 Å². The number of carbonyl (C=O) groups is 2. The Kier molecular flexibility index (Phi) is 4.82. The van der Waals surface area contributed by atoms with Gasteiger partial charge in [-0.1, -0.05) is 0 Å². The molecule has 0 bridgehead atoms. The predicted octanol–water partition coefficient (Wildman–Crippen LogP) is 1.37. The van der Waals surface area contributed by atoms with Gasteiger partial charge in [0.15, 0.2) is 0 Å². The quantitative estimate of drug-likeness (QED) is 0.770. The van der Waals surface area contributed by atoms with Crippen LogP contribution >= 0.6 is 0 Å². The Bertz CT molecular complexity index is 493. The number of anilines is 1. The third-order valence-electron chi connectivity index (χ3n) is 2.70. The van der Waals surface area contributed by atoms with Gasteiger partial charge in [-0.2, -0.15) is 0 Å². The van der Waals surface area contributed by atoms with Crippen LogP contribution in [0.4, 0.5) is 14.9 Å². The second kappa shape index (κ2) is 6.14. The first-order valence-electron chi connectivity index (χ1n) is 5.54. The van der Waals surface area contributed by atoms with Crippen molar-refractivity contribution in [3.63, 3.8) is 0 Å².